The Morgan fingerprint density at radius 2 is 1.41 bits per heavy atom. The molecule has 0 spiro atoms. The number of nitrogens with zero attached hydrogens (tertiary/aromatic N) is 1. The molecule has 2 amide bonds. The summed E-state index contributed by atoms with van der Waals surface area (Å²) < 4.78 is 0. The van der Waals surface area contributed by atoms with Crippen molar-refractivity contribution in [2.24, 2.45) is 5.73 Å². The number of Topliss-reactive ketones (excluding diaryl/α,β-unsaturated/α-hetero) is 1. The van der Waals surface area contributed by atoms with Gasteiger partial charge in [-0.2, -0.15) is 0 Å². The predicted molar refractivity (Wildman–Crippen MR) is 147 cm³/mol. The molecule has 0 fully saturated rings. The molecule has 4 aromatic carbocycles. The van der Waals surface area contributed by atoms with Crippen LogP contribution in [-0.4, -0.2) is 41.6 Å². The van der Waals surface area contributed by atoms with E-state index in [4.69, 9.17) is 5.73 Å². The van der Waals surface area contributed by atoms with Crippen molar-refractivity contribution in [2.45, 2.75) is 25.8 Å². The molecule has 0 aliphatic carbocycles. The third-order valence-electron chi connectivity index (χ3n) is 6.80. The summed E-state index contributed by atoms with van der Waals surface area (Å²) in [4.78, 5) is 39.2. The molecule has 0 saturated carbocycles. The van der Waals surface area contributed by atoms with Crippen LogP contribution in [0.25, 0.3) is 21.9 Å². The number of hydrogen-bond acceptors (Lipinski definition) is 5. The molecule has 0 radical (unpaired) electrons. The summed E-state index contributed by atoms with van der Waals surface area (Å²) in [7, 11) is 0. The van der Waals surface area contributed by atoms with E-state index in [-0.39, 0.29) is 17.6 Å². The Kier molecular flexibility index (Phi) is 6.84. The van der Waals surface area contributed by atoms with Gasteiger partial charge in [-0.25, -0.2) is 0 Å². The van der Waals surface area contributed by atoms with Crippen LogP contribution in [0.3, 0.4) is 0 Å². The standard InChI is InChI=1S/C31H29N3O3/c1-20(32)28(35)19-21-9-11-22(12-10-21)23-13-15-25(16-14-23)33-17-4-18-34-30(36)26-7-2-5-24-6-3-8-27(29(24)26)31(34)37/h2-3,5-16,20,33H,4,17-19,32H2,1H3. The lowest BCUT2D eigenvalue weighted by atomic mass is 9.94. The lowest BCUT2D eigenvalue weighted by molar-refractivity contribution is -0.119. The maximum Gasteiger partial charge on any atom is 0.261 e. The Hall–Kier alpha value is -4.29. The first kappa shape index (κ1) is 24.4. The van der Waals surface area contributed by atoms with Gasteiger partial charge in [0.05, 0.1) is 6.04 Å². The van der Waals surface area contributed by atoms with Gasteiger partial charge in [0.2, 0.25) is 0 Å². The van der Waals surface area contributed by atoms with Crippen LogP contribution in [0.5, 0.6) is 0 Å². The monoisotopic (exact) mass is 491 g/mol. The van der Waals surface area contributed by atoms with Gasteiger partial charge < -0.3 is 11.1 Å². The smallest absolute Gasteiger partial charge is 0.261 e. The SMILES string of the molecule is CC(N)C(=O)Cc1ccc(-c2ccc(NCCCN3C(=O)c4cccc5cccc(c45)C3=O)cc2)cc1. The first-order valence-electron chi connectivity index (χ1n) is 12.5. The Balaban J connectivity index is 1.16. The molecule has 1 heterocycles. The molecule has 1 atom stereocenters. The molecule has 6 heteroatoms. The number of amides is 2. The largest absolute Gasteiger partial charge is 0.385 e. The average Bonchev–Trinajstić information content (AvgIpc) is 2.92. The zero-order valence-electron chi connectivity index (χ0n) is 20.7. The summed E-state index contributed by atoms with van der Waals surface area (Å²) in [5.74, 6) is -0.433. The van der Waals surface area contributed by atoms with E-state index in [2.05, 4.69) is 5.32 Å². The fourth-order valence-electron chi connectivity index (χ4n) is 4.71. The van der Waals surface area contributed by atoms with Gasteiger partial charge in [-0.3, -0.25) is 19.3 Å². The van der Waals surface area contributed by atoms with Gasteiger partial charge in [0.1, 0.15) is 0 Å². The van der Waals surface area contributed by atoms with E-state index in [1.165, 1.54) is 4.90 Å². The highest BCUT2D eigenvalue weighted by Crippen LogP contribution is 2.30. The number of carbonyl (C=O) groups is 3. The number of nitrogens with one attached hydrogen (secondary N) is 1. The fourth-order valence-corrected chi connectivity index (χ4v) is 4.71. The van der Waals surface area contributed by atoms with Gasteiger partial charge in [0.25, 0.3) is 11.8 Å². The summed E-state index contributed by atoms with van der Waals surface area (Å²) in [6, 6.07) is 26.8. The molecule has 4 aromatic rings. The highest BCUT2D eigenvalue weighted by atomic mass is 16.2. The number of anilines is 1. The molecule has 1 aliphatic rings. The van der Waals surface area contributed by atoms with Gasteiger partial charge in [0.15, 0.2) is 5.78 Å². The van der Waals surface area contributed by atoms with Gasteiger partial charge >= 0.3 is 0 Å². The zero-order valence-corrected chi connectivity index (χ0v) is 20.7. The number of nitrogens with two attached hydrogens (primary N) is 1. The van der Waals surface area contributed by atoms with Crippen LogP contribution in [0.15, 0.2) is 84.9 Å². The van der Waals surface area contributed by atoms with Crippen molar-refractivity contribution in [2.75, 3.05) is 18.4 Å². The minimum atomic E-state index is -0.452. The van der Waals surface area contributed by atoms with Crippen molar-refractivity contribution in [1.82, 2.24) is 4.90 Å². The van der Waals surface area contributed by atoms with Crippen LogP contribution in [0, 0.1) is 0 Å². The van der Waals surface area contributed by atoms with E-state index < -0.39 is 6.04 Å². The minimum Gasteiger partial charge on any atom is -0.385 e. The van der Waals surface area contributed by atoms with E-state index >= 15 is 0 Å². The first-order valence-corrected chi connectivity index (χ1v) is 12.5. The third kappa shape index (κ3) is 5.01. The van der Waals surface area contributed by atoms with Crippen LogP contribution in [0.2, 0.25) is 0 Å². The Morgan fingerprint density at radius 3 is 1.97 bits per heavy atom. The van der Waals surface area contributed by atoms with Gasteiger partial charge in [-0.1, -0.05) is 60.7 Å². The van der Waals surface area contributed by atoms with Crippen LogP contribution in [-0.2, 0) is 11.2 Å². The van der Waals surface area contributed by atoms with E-state index in [1.54, 1.807) is 19.1 Å². The summed E-state index contributed by atoms with van der Waals surface area (Å²) in [5, 5.41) is 5.04. The van der Waals surface area contributed by atoms with Crippen molar-refractivity contribution < 1.29 is 14.4 Å². The first-order chi connectivity index (χ1) is 17.9. The van der Waals surface area contributed by atoms with Crippen LogP contribution >= 0.6 is 0 Å². The van der Waals surface area contributed by atoms with E-state index in [9.17, 15) is 14.4 Å². The van der Waals surface area contributed by atoms with Crippen molar-refractivity contribution in [3.05, 3.63) is 102 Å². The molecule has 5 rings (SSSR count). The third-order valence-corrected chi connectivity index (χ3v) is 6.80. The molecule has 37 heavy (non-hydrogen) atoms. The van der Waals surface area contributed by atoms with Crippen LogP contribution in [0.1, 0.15) is 39.6 Å². The summed E-state index contributed by atoms with van der Waals surface area (Å²) in [5.41, 5.74) is 10.9. The maximum absolute atomic E-state index is 13.0. The second-order valence-electron chi connectivity index (χ2n) is 9.46. The lowest BCUT2D eigenvalue weighted by Crippen LogP contribution is -2.41. The molecule has 0 saturated heterocycles. The van der Waals surface area contributed by atoms with Crippen molar-refractivity contribution >= 4 is 34.1 Å². The fraction of sp³-hybridized carbons (Fsp3) is 0.194. The summed E-state index contributed by atoms with van der Waals surface area (Å²) >= 11 is 0. The lowest BCUT2D eigenvalue weighted by Gasteiger charge is -2.27. The van der Waals surface area contributed by atoms with Gasteiger partial charge in [-0.15, -0.1) is 0 Å². The zero-order chi connectivity index (χ0) is 25.9. The highest BCUT2D eigenvalue weighted by molar-refractivity contribution is 6.25. The van der Waals surface area contributed by atoms with Gasteiger partial charge in [-0.05, 0) is 59.7 Å². The Bertz CT molecular complexity index is 1420. The summed E-state index contributed by atoms with van der Waals surface area (Å²) in [6.07, 6.45) is 0.983. The molecule has 3 N–H and O–H groups in total. The topological polar surface area (TPSA) is 92.5 Å². The van der Waals surface area contributed by atoms with Gasteiger partial charge in [0, 0.05) is 41.7 Å². The summed E-state index contributed by atoms with van der Waals surface area (Å²) in [6.45, 7) is 2.69. The Morgan fingerprint density at radius 1 is 0.838 bits per heavy atom. The van der Waals surface area contributed by atoms with E-state index in [0.29, 0.717) is 37.1 Å². The average molecular weight is 492 g/mol. The molecule has 186 valence electrons. The molecule has 0 aromatic heterocycles. The molecular weight excluding hydrogens is 462 g/mol. The number of ketones is 1. The number of hydrogen-bond donors (Lipinski definition) is 2. The van der Waals surface area contributed by atoms with Crippen molar-refractivity contribution in [1.29, 1.82) is 0 Å². The quantitative estimate of drug-likeness (QED) is 0.252. The molecular formula is C31H29N3O3. The van der Waals surface area contributed by atoms with Crippen molar-refractivity contribution in [3.8, 4) is 11.1 Å². The molecule has 6 nitrogen and oxygen atoms in total. The van der Waals surface area contributed by atoms with E-state index in [0.717, 1.165) is 33.2 Å². The maximum atomic E-state index is 13.0. The number of benzene rings is 4. The van der Waals surface area contributed by atoms with Crippen LogP contribution in [0.4, 0.5) is 5.69 Å². The van der Waals surface area contributed by atoms with Crippen molar-refractivity contribution in [3.63, 3.8) is 0 Å². The number of rotatable bonds is 9. The number of carbonyl (C=O) groups excluding carboxylic acids is 3. The normalized spacial score (nSPS) is 13.6. The number of imide groups is 1. The minimum absolute atomic E-state index is 0.0272. The molecule has 0 bridgehead atoms. The molecule has 1 unspecified atom stereocenters. The second-order valence-corrected chi connectivity index (χ2v) is 9.46. The highest BCUT2D eigenvalue weighted by Gasteiger charge is 2.32. The molecule has 1 aliphatic heterocycles. The second kappa shape index (κ2) is 10.4. The Labute approximate surface area is 216 Å². The van der Waals surface area contributed by atoms with E-state index in [1.807, 2.05) is 72.8 Å². The predicted octanol–water partition coefficient (Wildman–Crippen LogP) is 5.06. The van der Waals surface area contributed by atoms with Crippen LogP contribution < -0.4 is 11.1 Å².